The van der Waals surface area contributed by atoms with Crippen LogP contribution in [0.5, 0.6) is 5.75 Å². The second-order valence-corrected chi connectivity index (χ2v) is 9.67. The van der Waals surface area contributed by atoms with Crippen LogP contribution in [0.4, 0.5) is 0 Å². The van der Waals surface area contributed by atoms with Crippen molar-refractivity contribution in [2.45, 2.75) is 51.4 Å². The molecule has 2 aliphatic heterocycles. The summed E-state index contributed by atoms with van der Waals surface area (Å²) in [6.07, 6.45) is 7.44. The molecule has 0 atom stereocenters. The zero-order valence-corrected chi connectivity index (χ0v) is 19.8. The van der Waals surface area contributed by atoms with Gasteiger partial charge in [-0.1, -0.05) is 42.8 Å². The molecule has 1 spiro atoms. The number of likely N-dealkylation sites (tertiary alicyclic amines) is 1. The topological polar surface area (TPSA) is 49.9 Å². The predicted octanol–water partition coefficient (Wildman–Crippen LogP) is 4.95. The summed E-state index contributed by atoms with van der Waals surface area (Å²) in [5.41, 5.74) is 2.10. The lowest BCUT2D eigenvalue weighted by Crippen LogP contribution is -2.48. The number of benzene rings is 2. The number of rotatable bonds is 1. The first-order valence-corrected chi connectivity index (χ1v) is 12.4. The summed E-state index contributed by atoms with van der Waals surface area (Å²) >= 11 is 0. The van der Waals surface area contributed by atoms with E-state index in [0.29, 0.717) is 13.0 Å². The van der Waals surface area contributed by atoms with Crippen LogP contribution in [0.15, 0.2) is 54.6 Å². The first-order chi connectivity index (χ1) is 16.1. The van der Waals surface area contributed by atoms with Crippen LogP contribution in [0.3, 0.4) is 0 Å². The van der Waals surface area contributed by atoms with E-state index in [1.165, 1.54) is 5.56 Å². The van der Waals surface area contributed by atoms with Crippen LogP contribution in [0, 0.1) is 5.41 Å². The Kier molecular flexibility index (Phi) is 7.69. The Morgan fingerprint density at radius 1 is 0.879 bits per heavy atom. The van der Waals surface area contributed by atoms with Crippen molar-refractivity contribution in [3.8, 4) is 5.75 Å². The van der Waals surface area contributed by atoms with E-state index >= 15 is 0 Å². The maximum Gasteiger partial charge on any atom is 0.253 e. The highest BCUT2D eigenvalue weighted by Crippen LogP contribution is 2.38. The third-order valence-electron chi connectivity index (χ3n) is 7.30. The molecule has 2 aromatic carbocycles. The molecule has 4 rings (SSSR count). The van der Waals surface area contributed by atoms with Gasteiger partial charge >= 0.3 is 0 Å². The van der Waals surface area contributed by atoms with Gasteiger partial charge in [-0.25, -0.2) is 0 Å². The second-order valence-electron chi connectivity index (χ2n) is 9.67. The maximum absolute atomic E-state index is 12.9. The summed E-state index contributed by atoms with van der Waals surface area (Å²) in [5.74, 6) is 1.26. The third-order valence-corrected chi connectivity index (χ3v) is 7.30. The molecule has 1 fully saturated rings. The smallest absolute Gasteiger partial charge is 0.253 e. The van der Waals surface area contributed by atoms with Crippen LogP contribution in [0.25, 0.3) is 0 Å². The van der Waals surface area contributed by atoms with E-state index in [0.717, 1.165) is 75.9 Å². The van der Waals surface area contributed by atoms with Gasteiger partial charge in [-0.2, -0.15) is 0 Å². The number of aryl methyl sites for hydroxylation is 1. The van der Waals surface area contributed by atoms with E-state index in [1.807, 2.05) is 59.3 Å². The number of amides is 2. The monoisotopic (exact) mass is 448 g/mol. The number of piperidine rings is 1. The summed E-state index contributed by atoms with van der Waals surface area (Å²) in [7, 11) is 1.94. The molecule has 0 unspecified atom stereocenters. The fraction of sp³-hybridized carbons (Fsp3) is 0.500. The molecule has 0 bridgehead atoms. The molecule has 2 aromatic rings. The summed E-state index contributed by atoms with van der Waals surface area (Å²) in [4.78, 5) is 29.7. The average Bonchev–Trinajstić information content (AvgIpc) is 2.85. The number of fused-ring (bicyclic) bond motifs is 1. The molecule has 1 saturated heterocycles. The van der Waals surface area contributed by atoms with Crippen molar-refractivity contribution >= 4 is 11.8 Å². The lowest BCUT2D eigenvalue weighted by molar-refractivity contribution is -0.132. The number of para-hydroxylation sites is 1. The molecule has 2 amide bonds. The van der Waals surface area contributed by atoms with Crippen molar-refractivity contribution < 1.29 is 14.3 Å². The van der Waals surface area contributed by atoms with Gasteiger partial charge in [0.1, 0.15) is 5.75 Å². The number of hydrogen-bond donors (Lipinski definition) is 0. The Morgan fingerprint density at radius 3 is 2.39 bits per heavy atom. The van der Waals surface area contributed by atoms with Crippen LogP contribution < -0.4 is 4.74 Å². The normalized spacial score (nSPS) is 20.0. The molecule has 2 aliphatic rings. The van der Waals surface area contributed by atoms with Crippen molar-refractivity contribution in [1.29, 1.82) is 0 Å². The molecule has 5 heteroatoms. The molecule has 176 valence electrons. The van der Waals surface area contributed by atoms with E-state index in [4.69, 9.17) is 4.74 Å². The van der Waals surface area contributed by atoms with Crippen LogP contribution in [0.2, 0.25) is 0 Å². The zero-order valence-electron chi connectivity index (χ0n) is 19.8. The lowest BCUT2D eigenvalue weighted by Gasteiger charge is -2.44. The van der Waals surface area contributed by atoms with E-state index in [9.17, 15) is 9.59 Å². The molecule has 0 saturated carbocycles. The highest BCUT2D eigenvalue weighted by molar-refractivity contribution is 5.94. The molecule has 2 heterocycles. The molecular formula is C28H36N2O3. The van der Waals surface area contributed by atoms with Crippen molar-refractivity contribution in [3.05, 3.63) is 65.7 Å². The summed E-state index contributed by atoms with van der Waals surface area (Å²) in [6, 6.07) is 17.8. The Balaban J connectivity index is 1.44. The van der Waals surface area contributed by atoms with Gasteiger partial charge < -0.3 is 14.5 Å². The van der Waals surface area contributed by atoms with Crippen LogP contribution in [0.1, 0.15) is 60.9 Å². The van der Waals surface area contributed by atoms with Crippen molar-refractivity contribution in [1.82, 2.24) is 9.80 Å². The van der Waals surface area contributed by atoms with Crippen LogP contribution >= 0.6 is 0 Å². The Bertz CT molecular complexity index is 935. The molecule has 0 aliphatic carbocycles. The maximum atomic E-state index is 12.9. The van der Waals surface area contributed by atoms with Gasteiger partial charge in [0.25, 0.3) is 5.91 Å². The SMILES string of the molecule is CN1CC2(CCCCc3ccccc3OCCCC1=O)CCN(C(=O)c1ccccc1)CC2. The second kappa shape index (κ2) is 10.9. The lowest BCUT2D eigenvalue weighted by atomic mass is 9.73. The molecule has 0 aromatic heterocycles. The number of nitrogens with zero attached hydrogens (tertiary/aromatic N) is 2. The van der Waals surface area contributed by atoms with Crippen molar-refractivity contribution in [2.75, 3.05) is 33.3 Å². The van der Waals surface area contributed by atoms with Crippen LogP contribution in [-0.2, 0) is 11.2 Å². The van der Waals surface area contributed by atoms with E-state index in [2.05, 4.69) is 12.1 Å². The summed E-state index contributed by atoms with van der Waals surface area (Å²) in [6.45, 7) is 2.85. The highest BCUT2D eigenvalue weighted by atomic mass is 16.5. The molecular weight excluding hydrogens is 412 g/mol. The molecule has 0 N–H and O–H groups in total. The number of carbonyl (C=O) groups is 2. The van der Waals surface area contributed by atoms with Gasteiger partial charge in [-0.15, -0.1) is 0 Å². The van der Waals surface area contributed by atoms with Gasteiger partial charge in [-0.3, -0.25) is 9.59 Å². The van der Waals surface area contributed by atoms with Gasteiger partial charge in [0.05, 0.1) is 6.61 Å². The van der Waals surface area contributed by atoms with E-state index < -0.39 is 0 Å². The Labute approximate surface area is 197 Å². The number of ether oxygens (including phenoxy) is 1. The van der Waals surface area contributed by atoms with Gasteiger partial charge in [-0.05, 0) is 67.7 Å². The zero-order chi connectivity index (χ0) is 23.1. The summed E-state index contributed by atoms with van der Waals surface area (Å²) < 4.78 is 5.99. The minimum Gasteiger partial charge on any atom is -0.493 e. The minimum absolute atomic E-state index is 0.0814. The van der Waals surface area contributed by atoms with Gasteiger partial charge in [0.15, 0.2) is 0 Å². The first kappa shape index (κ1) is 23.3. The Morgan fingerprint density at radius 2 is 1.61 bits per heavy atom. The third kappa shape index (κ3) is 5.95. The predicted molar refractivity (Wildman–Crippen MR) is 130 cm³/mol. The van der Waals surface area contributed by atoms with E-state index in [-0.39, 0.29) is 17.2 Å². The van der Waals surface area contributed by atoms with E-state index in [1.54, 1.807) is 0 Å². The largest absolute Gasteiger partial charge is 0.493 e. The first-order valence-electron chi connectivity index (χ1n) is 12.4. The molecule has 33 heavy (non-hydrogen) atoms. The highest BCUT2D eigenvalue weighted by Gasteiger charge is 2.37. The summed E-state index contributed by atoms with van der Waals surface area (Å²) in [5, 5.41) is 0. The van der Waals surface area contributed by atoms with Crippen molar-refractivity contribution in [3.63, 3.8) is 0 Å². The molecule has 5 nitrogen and oxygen atoms in total. The van der Waals surface area contributed by atoms with Crippen LogP contribution in [-0.4, -0.2) is 54.9 Å². The average molecular weight is 449 g/mol. The molecule has 0 radical (unpaired) electrons. The quantitative estimate of drug-likeness (QED) is 0.620. The Hall–Kier alpha value is -2.82. The van der Waals surface area contributed by atoms with Gasteiger partial charge in [0, 0.05) is 38.7 Å². The van der Waals surface area contributed by atoms with Gasteiger partial charge in [0.2, 0.25) is 5.91 Å². The standard InChI is InChI=1S/C28H36N2O3/c1-29-22-28(17-19-30(20-18-28)27(32)24-12-3-2-4-13-24)16-8-7-11-23-10-5-6-14-25(23)33-21-9-15-26(29)31/h2-6,10,12-14H,7-9,11,15-22H2,1H3. The van der Waals surface area contributed by atoms with Crippen molar-refractivity contribution in [2.24, 2.45) is 5.41 Å². The fourth-order valence-corrected chi connectivity index (χ4v) is 5.29. The fourth-order valence-electron chi connectivity index (χ4n) is 5.29. The number of carbonyl (C=O) groups excluding carboxylic acids is 2. The number of hydrogen-bond acceptors (Lipinski definition) is 3. The minimum atomic E-state index is 0.0814.